The second-order valence-corrected chi connectivity index (χ2v) is 8.93. The highest BCUT2D eigenvalue weighted by atomic mass is 35.5. The molecule has 0 fully saturated rings. The maximum absolute atomic E-state index is 12.1. The first-order valence-electron chi connectivity index (χ1n) is 10.2. The third-order valence-electron chi connectivity index (χ3n) is 4.62. The minimum Gasteiger partial charge on any atom is -0.493 e. The molecule has 7 nitrogen and oxygen atoms in total. The largest absolute Gasteiger partial charge is 0.493 e. The van der Waals surface area contributed by atoms with Gasteiger partial charge in [0.25, 0.3) is 0 Å². The van der Waals surface area contributed by atoms with Crippen LogP contribution >= 0.6 is 23.4 Å². The topological polar surface area (TPSA) is 80.2 Å². The second kappa shape index (κ2) is 10.7. The zero-order valence-electron chi connectivity index (χ0n) is 18.5. The number of rotatable bonds is 7. The van der Waals surface area contributed by atoms with Crippen LogP contribution in [0.2, 0.25) is 5.02 Å². The summed E-state index contributed by atoms with van der Waals surface area (Å²) in [5.41, 5.74) is 3.00. The van der Waals surface area contributed by atoms with Crippen LogP contribution in [0.1, 0.15) is 42.3 Å². The van der Waals surface area contributed by atoms with Crippen molar-refractivity contribution in [3.05, 3.63) is 58.1 Å². The minimum absolute atomic E-state index is 0.254. The number of benzene rings is 2. The van der Waals surface area contributed by atoms with Crippen molar-refractivity contribution < 1.29 is 19.1 Å². The van der Waals surface area contributed by atoms with Crippen LogP contribution in [0.3, 0.4) is 0 Å². The Morgan fingerprint density at radius 1 is 1.09 bits per heavy atom. The van der Waals surface area contributed by atoms with E-state index >= 15 is 0 Å². The number of aryl methyl sites for hydroxylation is 2. The number of nitrogens with zero attached hydrogens (tertiary/aromatic N) is 2. The van der Waals surface area contributed by atoms with Crippen LogP contribution in [0.4, 0.5) is 0 Å². The molecule has 3 rings (SSSR count). The van der Waals surface area contributed by atoms with Gasteiger partial charge in [-0.15, -0.1) is 5.10 Å². The summed E-state index contributed by atoms with van der Waals surface area (Å²) in [6.45, 7) is 7.83. The third-order valence-corrected chi connectivity index (χ3v) is 5.94. The summed E-state index contributed by atoms with van der Waals surface area (Å²) < 4.78 is 11.9. The van der Waals surface area contributed by atoms with E-state index in [1.54, 1.807) is 18.2 Å². The number of carbonyl (C=O) groups is 2. The lowest BCUT2D eigenvalue weighted by molar-refractivity contribution is -0.129. The summed E-state index contributed by atoms with van der Waals surface area (Å²) in [6.07, 6.45) is 0.678. The lowest BCUT2D eigenvalue weighted by Gasteiger charge is -2.22. The molecule has 1 N–H and O–H groups in total. The molecule has 0 saturated carbocycles. The van der Waals surface area contributed by atoms with Crippen LogP contribution in [0.5, 0.6) is 11.5 Å². The lowest BCUT2D eigenvalue weighted by Crippen LogP contribution is -2.25. The maximum atomic E-state index is 12.1. The summed E-state index contributed by atoms with van der Waals surface area (Å²) in [7, 11) is 0. The second-order valence-electron chi connectivity index (χ2n) is 7.42. The van der Waals surface area contributed by atoms with Crippen molar-refractivity contribution in [1.29, 1.82) is 0 Å². The molecule has 2 amide bonds. The standard InChI is InChI=1S/C23H26ClN3O4S/c1-14-6-8-20(15(2)12-14)30-10-5-11-31-21-9-7-18(24)13-19(21)22-27(17(4)29)26-23(32-22)25-16(3)28/h6-9,12-13,22H,5,10-11H2,1-4H3,(H,25,26,28). The van der Waals surface area contributed by atoms with Gasteiger partial charge in [0, 0.05) is 30.9 Å². The Labute approximate surface area is 197 Å². The van der Waals surface area contributed by atoms with Crippen LogP contribution < -0.4 is 14.8 Å². The quantitative estimate of drug-likeness (QED) is 0.581. The molecule has 0 saturated heterocycles. The number of nitrogens with one attached hydrogen (secondary N) is 1. The molecule has 32 heavy (non-hydrogen) atoms. The predicted molar refractivity (Wildman–Crippen MR) is 127 cm³/mol. The van der Waals surface area contributed by atoms with E-state index in [0.717, 1.165) is 11.3 Å². The molecule has 1 heterocycles. The fraction of sp³-hybridized carbons (Fsp3) is 0.348. The highest BCUT2D eigenvalue weighted by Crippen LogP contribution is 2.43. The van der Waals surface area contributed by atoms with Gasteiger partial charge in [-0.2, -0.15) is 0 Å². The zero-order chi connectivity index (χ0) is 23.3. The number of halogens is 1. The van der Waals surface area contributed by atoms with Gasteiger partial charge in [-0.05, 0) is 43.7 Å². The average Bonchev–Trinajstić information content (AvgIpc) is 3.13. The summed E-state index contributed by atoms with van der Waals surface area (Å²) in [5, 5.41) is 8.56. The van der Waals surface area contributed by atoms with Crippen molar-refractivity contribution >= 4 is 40.3 Å². The van der Waals surface area contributed by atoms with Gasteiger partial charge in [0.1, 0.15) is 16.9 Å². The molecule has 1 unspecified atom stereocenters. The van der Waals surface area contributed by atoms with Gasteiger partial charge in [-0.1, -0.05) is 41.1 Å². The Balaban J connectivity index is 1.64. The molecular formula is C23H26ClN3O4S. The monoisotopic (exact) mass is 475 g/mol. The molecule has 0 aliphatic carbocycles. The van der Waals surface area contributed by atoms with E-state index in [0.29, 0.717) is 41.1 Å². The van der Waals surface area contributed by atoms with Crippen molar-refractivity contribution in [3.8, 4) is 11.5 Å². The number of thioether (sulfide) groups is 1. The number of hydrogen-bond donors (Lipinski definition) is 1. The number of carbonyl (C=O) groups excluding carboxylic acids is 2. The first kappa shape index (κ1) is 23.9. The number of hydrogen-bond acceptors (Lipinski definition) is 6. The predicted octanol–water partition coefficient (Wildman–Crippen LogP) is 4.81. The van der Waals surface area contributed by atoms with Crippen LogP contribution in [0, 0.1) is 13.8 Å². The van der Waals surface area contributed by atoms with Crippen LogP contribution in [0.15, 0.2) is 41.5 Å². The smallest absolute Gasteiger partial charge is 0.241 e. The van der Waals surface area contributed by atoms with Gasteiger partial charge in [-0.25, -0.2) is 5.01 Å². The van der Waals surface area contributed by atoms with Gasteiger partial charge in [0.2, 0.25) is 11.8 Å². The van der Waals surface area contributed by atoms with Gasteiger partial charge in [0.05, 0.1) is 13.2 Å². The SMILES string of the molecule is CC(=O)NC1=NN(C(C)=O)C(c2cc(Cl)ccc2OCCCOc2ccc(C)cc2C)S1. The van der Waals surface area contributed by atoms with E-state index in [1.165, 1.54) is 36.2 Å². The number of ether oxygens (including phenoxy) is 2. The molecule has 1 atom stereocenters. The Bertz CT molecular complexity index is 1040. The van der Waals surface area contributed by atoms with E-state index in [4.69, 9.17) is 21.1 Å². The van der Waals surface area contributed by atoms with E-state index in [2.05, 4.69) is 16.5 Å². The Morgan fingerprint density at radius 2 is 1.78 bits per heavy atom. The van der Waals surface area contributed by atoms with Gasteiger partial charge in [0.15, 0.2) is 5.17 Å². The summed E-state index contributed by atoms with van der Waals surface area (Å²) in [6, 6.07) is 11.4. The molecule has 0 bridgehead atoms. The fourth-order valence-electron chi connectivity index (χ4n) is 3.19. The molecule has 1 aliphatic heterocycles. The first-order valence-corrected chi connectivity index (χ1v) is 11.5. The van der Waals surface area contributed by atoms with E-state index in [9.17, 15) is 9.59 Å². The van der Waals surface area contributed by atoms with Crippen molar-refractivity contribution in [2.75, 3.05) is 13.2 Å². The molecule has 9 heteroatoms. The molecule has 2 aromatic rings. The van der Waals surface area contributed by atoms with Crippen molar-refractivity contribution in [2.45, 2.75) is 39.5 Å². The van der Waals surface area contributed by atoms with Crippen molar-refractivity contribution in [3.63, 3.8) is 0 Å². The zero-order valence-corrected chi connectivity index (χ0v) is 20.0. The Kier molecular flexibility index (Phi) is 8.04. The van der Waals surface area contributed by atoms with Crippen molar-refractivity contribution in [1.82, 2.24) is 10.3 Å². The molecule has 0 spiro atoms. The van der Waals surface area contributed by atoms with E-state index in [1.807, 2.05) is 26.0 Å². The third kappa shape index (κ3) is 6.17. The normalized spacial score (nSPS) is 15.3. The van der Waals surface area contributed by atoms with Gasteiger partial charge >= 0.3 is 0 Å². The Morgan fingerprint density at radius 3 is 2.44 bits per heavy atom. The summed E-state index contributed by atoms with van der Waals surface area (Å²) in [5.74, 6) is 0.955. The van der Waals surface area contributed by atoms with Crippen LogP contribution in [0.25, 0.3) is 0 Å². The molecule has 1 aliphatic rings. The van der Waals surface area contributed by atoms with E-state index < -0.39 is 5.37 Å². The van der Waals surface area contributed by atoms with Gasteiger partial charge in [-0.3, -0.25) is 9.59 Å². The number of amidine groups is 1. The fourth-order valence-corrected chi connectivity index (χ4v) is 4.53. The van der Waals surface area contributed by atoms with Crippen molar-refractivity contribution in [2.24, 2.45) is 5.10 Å². The maximum Gasteiger partial charge on any atom is 0.241 e. The summed E-state index contributed by atoms with van der Waals surface area (Å²) in [4.78, 5) is 23.6. The molecule has 0 aromatic heterocycles. The average molecular weight is 476 g/mol. The summed E-state index contributed by atoms with van der Waals surface area (Å²) >= 11 is 7.48. The van der Waals surface area contributed by atoms with Crippen LogP contribution in [-0.4, -0.2) is 35.2 Å². The molecule has 170 valence electrons. The molecular weight excluding hydrogens is 450 g/mol. The first-order chi connectivity index (χ1) is 15.2. The number of amides is 2. The minimum atomic E-state index is -0.491. The number of hydrazone groups is 1. The lowest BCUT2D eigenvalue weighted by atomic mass is 10.1. The van der Waals surface area contributed by atoms with E-state index in [-0.39, 0.29) is 11.8 Å². The van der Waals surface area contributed by atoms with Crippen LogP contribution in [-0.2, 0) is 9.59 Å². The Hall–Kier alpha value is -2.71. The molecule has 0 radical (unpaired) electrons. The van der Waals surface area contributed by atoms with Gasteiger partial charge < -0.3 is 14.8 Å². The highest BCUT2D eigenvalue weighted by molar-refractivity contribution is 8.14. The highest BCUT2D eigenvalue weighted by Gasteiger charge is 2.34. The molecule has 2 aromatic carbocycles.